The molecule has 2 N–H and O–H groups in total. The van der Waals surface area contributed by atoms with Gasteiger partial charge in [-0.1, -0.05) is 22.9 Å². The van der Waals surface area contributed by atoms with Gasteiger partial charge in [0.05, 0.1) is 11.4 Å². The average molecular weight is 269 g/mol. The number of anilines is 2. The van der Waals surface area contributed by atoms with Gasteiger partial charge in [-0.15, -0.1) is 0 Å². The number of rotatable bonds is 3. The molecule has 2 nitrogen and oxygen atoms in total. The van der Waals surface area contributed by atoms with Crippen molar-refractivity contribution in [3.63, 3.8) is 0 Å². The molecule has 0 aromatic heterocycles. The lowest BCUT2D eigenvalue weighted by Gasteiger charge is -2.21. The Bertz CT molecular complexity index is 365. The van der Waals surface area contributed by atoms with Gasteiger partial charge >= 0.3 is 0 Å². The third-order valence-electron chi connectivity index (χ3n) is 3.19. The van der Waals surface area contributed by atoms with Crippen molar-refractivity contribution in [1.29, 1.82) is 0 Å². The van der Waals surface area contributed by atoms with Gasteiger partial charge in [0.25, 0.3) is 0 Å². The summed E-state index contributed by atoms with van der Waals surface area (Å²) in [4.78, 5) is 2.26. The molecule has 1 aliphatic rings. The standard InChI is InChI=1S/C12H17BrN2/c1-8-5-9(8)7-15(2)12-6-10(13)3-4-11(12)14/h3-4,6,8-9H,5,7,14H2,1-2H3. The first-order valence-electron chi connectivity index (χ1n) is 5.34. The summed E-state index contributed by atoms with van der Waals surface area (Å²) in [6.45, 7) is 3.42. The van der Waals surface area contributed by atoms with Crippen LogP contribution in [0.25, 0.3) is 0 Å². The SMILES string of the molecule is CC1CC1CN(C)c1cc(Br)ccc1N. The molecule has 2 atom stereocenters. The Hall–Kier alpha value is -0.700. The van der Waals surface area contributed by atoms with Crippen LogP contribution in [0.15, 0.2) is 22.7 Å². The Morgan fingerprint density at radius 1 is 1.53 bits per heavy atom. The first kappa shape index (κ1) is 10.8. The van der Waals surface area contributed by atoms with Gasteiger partial charge in [-0.25, -0.2) is 0 Å². The molecule has 2 unspecified atom stereocenters. The van der Waals surface area contributed by atoms with Gasteiger partial charge in [-0.2, -0.15) is 0 Å². The largest absolute Gasteiger partial charge is 0.397 e. The van der Waals surface area contributed by atoms with Crippen molar-refractivity contribution in [3.05, 3.63) is 22.7 Å². The van der Waals surface area contributed by atoms with Crippen LogP contribution in [0.2, 0.25) is 0 Å². The highest BCUT2D eigenvalue weighted by molar-refractivity contribution is 9.10. The predicted octanol–water partition coefficient (Wildman–Crippen LogP) is 3.12. The first-order chi connectivity index (χ1) is 7.08. The summed E-state index contributed by atoms with van der Waals surface area (Å²) in [7, 11) is 2.11. The van der Waals surface area contributed by atoms with Gasteiger partial charge in [0.15, 0.2) is 0 Å². The number of nitrogens with two attached hydrogens (primary N) is 1. The molecule has 1 fully saturated rings. The minimum Gasteiger partial charge on any atom is -0.397 e. The lowest BCUT2D eigenvalue weighted by atomic mass is 10.2. The number of nitrogens with zero attached hydrogens (tertiary/aromatic N) is 1. The fourth-order valence-corrected chi connectivity index (χ4v) is 2.30. The van der Waals surface area contributed by atoms with Crippen LogP contribution in [0.3, 0.4) is 0 Å². The number of nitrogen functional groups attached to an aromatic ring is 1. The van der Waals surface area contributed by atoms with Gasteiger partial charge < -0.3 is 10.6 Å². The molecule has 0 saturated heterocycles. The van der Waals surface area contributed by atoms with E-state index in [0.717, 1.165) is 34.2 Å². The van der Waals surface area contributed by atoms with Crippen LogP contribution in [0.5, 0.6) is 0 Å². The Labute approximate surface area is 99.6 Å². The van der Waals surface area contributed by atoms with Crippen LogP contribution in [-0.2, 0) is 0 Å². The molecule has 0 spiro atoms. The highest BCUT2D eigenvalue weighted by Gasteiger charge is 2.33. The second-order valence-electron chi connectivity index (χ2n) is 4.56. The van der Waals surface area contributed by atoms with Crippen molar-refractivity contribution in [1.82, 2.24) is 0 Å². The molecule has 0 amide bonds. The van der Waals surface area contributed by atoms with E-state index in [0.29, 0.717) is 0 Å². The minimum atomic E-state index is 0.855. The summed E-state index contributed by atoms with van der Waals surface area (Å²) in [5.74, 6) is 1.74. The molecule has 1 aromatic rings. The third-order valence-corrected chi connectivity index (χ3v) is 3.68. The number of halogens is 1. The molecule has 0 radical (unpaired) electrons. The molecule has 2 rings (SSSR count). The molecular weight excluding hydrogens is 252 g/mol. The van der Waals surface area contributed by atoms with Crippen LogP contribution < -0.4 is 10.6 Å². The smallest absolute Gasteiger partial charge is 0.0608 e. The van der Waals surface area contributed by atoms with Crippen LogP contribution in [0.1, 0.15) is 13.3 Å². The van der Waals surface area contributed by atoms with Crippen LogP contribution >= 0.6 is 15.9 Å². The molecule has 82 valence electrons. The van der Waals surface area contributed by atoms with E-state index in [2.05, 4.69) is 40.9 Å². The van der Waals surface area contributed by atoms with Crippen molar-refractivity contribution < 1.29 is 0 Å². The molecule has 0 aliphatic heterocycles. The average Bonchev–Trinajstić information content (AvgIpc) is 2.86. The Morgan fingerprint density at radius 2 is 2.20 bits per heavy atom. The number of hydrogen-bond acceptors (Lipinski definition) is 2. The zero-order valence-corrected chi connectivity index (χ0v) is 10.8. The van der Waals surface area contributed by atoms with Crippen LogP contribution in [0.4, 0.5) is 11.4 Å². The topological polar surface area (TPSA) is 29.3 Å². The van der Waals surface area contributed by atoms with Crippen molar-refractivity contribution >= 4 is 27.3 Å². The summed E-state index contributed by atoms with van der Waals surface area (Å²) in [6, 6.07) is 6.01. The second-order valence-corrected chi connectivity index (χ2v) is 5.47. The lowest BCUT2D eigenvalue weighted by Crippen LogP contribution is -2.21. The predicted molar refractivity (Wildman–Crippen MR) is 69.1 cm³/mol. The molecule has 0 heterocycles. The first-order valence-corrected chi connectivity index (χ1v) is 6.13. The Kier molecular flexibility index (Phi) is 2.91. The monoisotopic (exact) mass is 268 g/mol. The van der Waals surface area contributed by atoms with Crippen molar-refractivity contribution in [2.24, 2.45) is 11.8 Å². The molecule has 0 bridgehead atoms. The van der Waals surface area contributed by atoms with Crippen LogP contribution in [0, 0.1) is 11.8 Å². The second kappa shape index (κ2) is 4.05. The fraction of sp³-hybridized carbons (Fsp3) is 0.500. The van der Waals surface area contributed by atoms with E-state index in [9.17, 15) is 0 Å². The Balaban J connectivity index is 2.10. The normalized spacial score (nSPS) is 23.9. The van der Waals surface area contributed by atoms with Crippen molar-refractivity contribution in [3.8, 4) is 0 Å². The van der Waals surface area contributed by atoms with Crippen LogP contribution in [-0.4, -0.2) is 13.6 Å². The zero-order valence-electron chi connectivity index (χ0n) is 9.20. The summed E-state index contributed by atoms with van der Waals surface area (Å²) in [5.41, 5.74) is 7.94. The quantitative estimate of drug-likeness (QED) is 0.854. The van der Waals surface area contributed by atoms with Gasteiger partial charge in [-0.05, 0) is 36.5 Å². The molecule has 1 aliphatic carbocycles. The highest BCUT2D eigenvalue weighted by atomic mass is 79.9. The summed E-state index contributed by atoms with van der Waals surface area (Å²) in [5, 5.41) is 0. The van der Waals surface area contributed by atoms with E-state index >= 15 is 0 Å². The van der Waals surface area contributed by atoms with Crippen molar-refractivity contribution in [2.75, 3.05) is 24.2 Å². The fourth-order valence-electron chi connectivity index (χ4n) is 1.95. The number of benzene rings is 1. The van der Waals surface area contributed by atoms with E-state index < -0.39 is 0 Å². The summed E-state index contributed by atoms with van der Waals surface area (Å²) < 4.78 is 1.09. The van der Waals surface area contributed by atoms with Gasteiger partial charge in [-0.3, -0.25) is 0 Å². The van der Waals surface area contributed by atoms with E-state index in [-0.39, 0.29) is 0 Å². The summed E-state index contributed by atoms with van der Waals surface area (Å²) >= 11 is 3.48. The molecule has 1 saturated carbocycles. The maximum Gasteiger partial charge on any atom is 0.0608 e. The van der Waals surface area contributed by atoms with E-state index in [4.69, 9.17) is 5.73 Å². The van der Waals surface area contributed by atoms with Gasteiger partial charge in [0, 0.05) is 18.1 Å². The minimum absolute atomic E-state index is 0.855. The maximum atomic E-state index is 5.96. The molecular formula is C12H17BrN2. The third kappa shape index (κ3) is 2.46. The van der Waals surface area contributed by atoms with E-state index in [1.165, 1.54) is 6.42 Å². The molecule has 15 heavy (non-hydrogen) atoms. The summed E-state index contributed by atoms with van der Waals surface area (Å²) in [6.07, 6.45) is 1.36. The van der Waals surface area contributed by atoms with Crippen molar-refractivity contribution in [2.45, 2.75) is 13.3 Å². The Morgan fingerprint density at radius 3 is 2.80 bits per heavy atom. The van der Waals surface area contributed by atoms with E-state index in [1.54, 1.807) is 0 Å². The zero-order chi connectivity index (χ0) is 11.0. The molecule has 3 heteroatoms. The maximum absolute atomic E-state index is 5.96. The van der Waals surface area contributed by atoms with Gasteiger partial charge in [0.2, 0.25) is 0 Å². The molecule has 1 aromatic carbocycles. The lowest BCUT2D eigenvalue weighted by molar-refractivity contribution is 0.726. The van der Waals surface area contributed by atoms with Gasteiger partial charge in [0.1, 0.15) is 0 Å². The number of hydrogen-bond donors (Lipinski definition) is 1. The van der Waals surface area contributed by atoms with E-state index in [1.807, 2.05) is 12.1 Å². The highest BCUT2D eigenvalue weighted by Crippen LogP contribution is 2.39.